The van der Waals surface area contributed by atoms with Crippen LogP contribution in [0.25, 0.3) is 0 Å². The lowest BCUT2D eigenvalue weighted by molar-refractivity contribution is 0.177. The summed E-state index contributed by atoms with van der Waals surface area (Å²) in [6.07, 6.45) is 1.82. The lowest BCUT2D eigenvalue weighted by Gasteiger charge is -2.25. The number of ether oxygens (including phenoxy) is 2. The number of rotatable bonds is 7. The van der Waals surface area contributed by atoms with Gasteiger partial charge < -0.3 is 25.2 Å². The molecule has 2 aromatic rings. The number of aryl methyl sites for hydroxylation is 1. The Labute approximate surface area is 164 Å². The molecule has 9 nitrogen and oxygen atoms in total. The third-order valence-electron chi connectivity index (χ3n) is 4.52. The molecule has 1 aromatic heterocycles. The van der Waals surface area contributed by atoms with Gasteiger partial charge in [-0.25, -0.2) is 14.7 Å². The van der Waals surface area contributed by atoms with Gasteiger partial charge in [0.1, 0.15) is 12.4 Å². The van der Waals surface area contributed by atoms with E-state index in [1.807, 2.05) is 17.7 Å². The predicted octanol–water partition coefficient (Wildman–Crippen LogP) is 1.21. The molecule has 1 aliphatic rings. The summed E-state index contributed by atoms with van der Waals surface area (Å²) < 4.78 is 12.1. The first-order valence-corrected chi connectivity index (χ1v) is 9.45. The van der Waals surface area contributed by atoms with Gasteiger partial charge in [-0.15, -0.1) is 0 Å². The van der Waals surface area contributed by atoms with E-state index in [9.17, 15) is 5.11 Å². The number of hydrogen-bond acceptors (Lipinski definition) is 6. The van der Waals surface area contributed by atoms with Crippen LogP contribution in [0, 0.1) is 0 Å². The summed E-state index contributed by atoms with van der Waals surface area (Å²) in [5.74, 6) is 3.03. The molecule has 0 amide bonds. The highest BCUT2D eigenvalue weighted by atomic mass is 16.5. The Morgan fingerprint density at radius 3 is 2.96 bits per heavy atom. The number of hydrogen-bond donors (Lipinski definition) is 3. The first-order chi connectivity index (χ1) is 13.6. The van der Waals surface area contributed by atoms with Crippen molar-refractivity contribution in [3.63, 3.8) is 0 Å². The third-order valence-corrected chi connectivity index (χ3v) is 4.52. The van der Waals surface area contributed by atoms with Crippen LogP contribution in [-0.2, 0) is 30.9 Å². The summed E-state index contributed by atoms with van der Waals surface area (Å²) in [5.41, 5.74) is 0.905. The maximum absolute atomic E-state index is 9.92. The van der Waals surface area contributed by atoms with E-state index < -0.39 is 0 Å². The van der Waals surface area contributed by atoms with Crippen LogP contribution in [0.15, 0.2) is 23.2 Å². The highest BCUT2D eigenvalue weighted by Crippen LogP contribution is 2.26. The smallest absolute Gasteiger partial charge is 0.191 e. The van der Waals surface area contributed by atoms with Gasteiger partial charge in [0.25, 0.3) is 0 Å². The average molecular weight is 388 g/mol. The molecule has 0 radical (unpaired) electrons. The lowest BCUT2D eigenvalue weighted by Crippen LogP contribution is -2.47. The van der Waals surface area contributed by atoms with Crippen LogP contribution in [0.3, 0.4) is 0 Å². The highest BCUT2D eigenvalue weighted by molar-refractivity contribution is 5.80. The molecule has 2 heterocycles. The van der Waals surface area contributed by atoms with Gasteiger partial charge in [-0.2, -0.15) is 5.10 Å². The molecule has 0 aliphatic carbocycles. The minimum atomic E-state index is 0.117. The predicted molar refractivity (Wildman–Crippen MR) is 105 cm³/mol. The van der Waals surface area contributed by atoms with Crippen molar-refractivity contribution in [3.05, 3.63) is 35.4 Å². The molecular weight excluding hydrogens is 360 g/mol. The summed E-state index contributed by atoms with van der Waals surface area (Å²) in [4.78, 5) is 9.15. The number of aromatic hydroxyl groups is 1. The summed E-state index contributed by atoms with van der Waals surface area (Å²) >= 11 is 0. The lowest BCUT2D eigenvalue weighted by atomic mass is 10.1. The Bertz CT molecular complexity index is 820. The molecule has 1 aliphatic heterocycles. The zero-order valence-corrected chi connectivity index (χ0v) is 16.6. The Kier molecular flexibility index (Phi) is 6.70. The second-order valence-corrected chi connectivity index (χ2v) is 6.64. The molecular formula is C19H28N6O3. The molecule has 0 bridgehead atoms. The van der Waals surface area contributed by atoms with Crippen LogP contribution in [0.5, 0.6) is 11.5 Å². The molecule has 0 saturated heterocycles. The van der Waals surface area contributed by atoms with Crippen LogP contribution >= 0.6 is 0 Å². The first-order valence-electron chi connectivity index (χ1n) is 9.45. The molecule has 1 atom stereocenters. The highest BCUT2D eigenvalue weighted by Gasteiger charge is 2.22. The fraction of sp³-hybridized carbons (Fsp3) is 0.526. The van der Waals surface area contributed by atoms with Crippen molar-refractivity contribution < 1.29 is 14.6 Å². The number of nitrogens with one attached hydrogen (secondary N) is 2. The van der Waals surface area contributed by atoms with Crippen molar-refractivity contribution in [1.29, 1.82) is 0 Å². The van der Waals surface area contributed by atoms with Crippen molar-refractivity contribution in [1.82, 2.24) is 25.4 Å². The molecule has 3 N–H and O–H groups in total. The number of phenols is 1. The molecule has 1 unspecified atom stereocenters. The Hall–Kier alpha value is -2.81. The minimum absolute atomic E-state index is 0.117. The van der Waals surface area contributed by atoms with Crippen molar-refractivity contribution in [2.45, 2.75) is 45.5 Å². The summed E-state index contributed by atoms with van der Waals surface area (Å²) in [7, 11) is 3.18. The van der Waals surface area contributed by atoms with Crippen molar-refractivity contribution >= 4 is 5.96 Å². The number of fused-ring (bicyclic) bond motifs is 1. The fourth-order valence-electron chi connectivity index (χ4n) is 3.19. The first kappa shape index (κ1) is 19.9. The SMILES string of the molecule is CCNC(=NCc1ccc(OC)c(O)c1)NC1CCc2nc(COC)nn2C1. The topological polar surface area (TPSA) is 106 Å². The molecule has 3 rings (SSSR count). The number of phenolic OH excluding ortho intramolecular Hbond substituents is 1. The third kappa shape index (κ3) is 4.92. The largest absolute Gasteiger partial charge is 0.504 e. The second-order valence-electron chi connectivity index (χ2n) is 6.64. The van der Waals surface area contributed by atoms with Crippen LogP contribution in [0.2, 0.25) is 0 Å². The zero-order chi connectivity index (χ0) is 19.9. The second kappa shape index (κ2) is 9.41. The van der Waals surface area contributed by atoms with Crippen LogP contribution < -0.4 is 15.4 Å². The standard InChI is InChI=1S/C19H28N6O3/c1-4-20-19(21-10-13-5-7-16(28-3)15(26)9-13)22-14-6-8-18-23-17(12-27-2)24-25(18)11-14/h5,7,9,14,26H,4,6,8,10-12H2,1-3H3,(H2,20,21,22). The minimum Gasteiger partial charge on any atom is -0.504 e. The Balaban J connectivity index is 1.64. The van der Waals surface area contributed by atoms with E-state index in [1.165, 1.54) is 7.11 Å². The Morgan fingerprint density at radius 2 is 2.25 bits per heavy atom. The van der Waals surface area contributed by atoms with E-state index in [2.05, 4.69) is 25.7 Å². The maximum atomic E-state index is 9.92. The number of benzene rings is 1. The zero-order valence-electron chi connectivity index (χ0n) is 16.6. The monoisotopic (exact) mass is 388 g/mol. The molecule has 28 heavy (non-hydrogen) atoms. The molecule has 0 saturated carbocycles. The van der Waals surface area contributed by atoms with E-state index in [0.29, 0.717) is 18.9 Å². The number of aromatic nitrogens is 3. The molecule has 0 spiro atoms. The van der Waals surface area contributed by atoms with Crippen LogP contribution in [-0.4, -0.2) is 52.6 Å². The quantitative estimate of drug-likeness (QED) is 0.483. The van der Waals surface area contributed by atoms with Crippen LogP contribution in [0.4, 0.5) is 0 Å². The van der Waals surface area contributed by atoms with E-state index in [0.717, 1.165) is 49.1 Å². The normalized spacial score (nSPS) is 16.5. The van der Waals surface area contributed by atoms with Crippen molar-refractivity contribution in [2.24, 2.45) is 4.99 Å². The Morgan fingerprint density at radius 1 is 1.39 bits per heavy atom. The number of methoxy groups -OCH3 is 2. The fourth-order valence-corrected chi connectivity index (χ4v) is 3.19. The van der Waals surface area contributed by atoms with Gasteiger partial charge in [0.2, 0.25) is 0 Å². The van der Waals surface area contributed by atoms with Crippen LogP contribution in [0.1, 0.15) is 30.6 Å². The molecule has 152 valence electrons. The van der Waals surface area contributed by atoms with Gasteiger partial charge in [0.05, 0.1) is 20.2 Å². The average Bonchev–Trinajstić information content (AvgIpc) is 3.08. The maximum Gasteiger partial charge on any atom is 0.191 e. The van der Waals surface area contributed by atoms with Gasteiger partial charge in [-0.3, -0.25) is 0 Å². The van der Waals surface area contributed by atoms with Gasteiger partial charge >= 0.3 is 0 Å². The van der Waals surface area contributed by atoms with Gasteiger partial charge in [0.15, 0.2) is 23.3 Å². The summed E-state index contributed by atoms with van der Waals surface area (Å²) in [5, 5.41) is 21.2. The molecule has 1 aromatic carbocycles. The van der Waals surface area contributed by atoms with E-state index in [-0.39, 0.29) is 11.8 Å². The summed E-state index contributed by atoms with van der Waals surface area (Å²) in [6.45, 7) is 4.41. The van der Waals surface area contributed by atoms with Gasteiger partial charge in [-0.1, -0.05) is 6.07 Å². The molecule has 0 fully saturated rings. The van der Waals surface area contributed by atoms with E-state index >= 15 is 0 Å². The molecule has 9 heteroatoms. The van der Waals surface area contributed by atoms with Gasteiger partial charge in [-0.05, 0) is 31.0 Å². The number of nitrogens with zero attached hydrogens (tertiary/aromatic N) is 4. The number of aliphatic imine (C=N–C) groups is 1. The summed E-state index contributed by atoms with van der Waals surface area (Å²) in [6, 6.07) is 5.52. The van der Waals surface area contributed by atoms with Gasteiger partial charge in [0, 0.05) is 26.1 Å². The van der Waals surface area contributed by atoms with Crippen molar-refractivity contribution in [3.8, 4) is 11.5 Å². The van der Waals surface area contributed by atoms with E-state index in [1.54, 1.807) is 19.2 Å². The van der Waals surface area contributed by atoms with Crippen molar-refractivity contribution in [2.75, 3.05) is 20.8 Å². The van der Waals surface area contributed by atoms with E-state index in [4.69, 9.17) is 9.47 Å². The number of guanidine groups is 1.